The molecular weight excluding hydrogens is 304 g/mol. The highest BCUT2D eigenvalue weighted by atomic mass is 32.2. The highest BCUT2D eigenvalue weighted by molar-refractivity contribution is 8.24. The monoisotopic (exact) mass is 322 g/mol. The first-order valence-electron chi connectivity index (χ1n) is 6.86. The van der Waals surface area contributed by atoms with Crippen molar-refractivity contribution in [2.45, 2.75) is 31.9 Å². The lowest BCUT2D eigenvalue weighted by molar-refractivity contribution is -0.126. The smallest absolute Gasteiger partial charge is 0.241 e. The molecule has 1 aliphatic heterocycles. The summed E-state index contributed by atoms with van der Waals surface area (Å²) in [7, 11) is 0. The molecule has 1 atom stereocenters. The molecule has 1 aromatic carbocycles. The summed E-state index contributed by atoms with van der Waals surface area (Å²) in [6, 6.07) is 7.68. The minimum atomic E-state index is -0.0985. The predicted molar refractivity (Wildman–Crippen MR) is 90.4 cm³/mol. The lowest BCUT2D eigenvalue weighted by Gasteiger charge is -2.14. The van der Waals surface area contributed by atoms with E-state index in [-0.39, 0.29) is 17.1 Å². The number of rotatable bonds is 5. The molecular formula is C15H18N2O2S2. The highest BCUT2D eigenvalue weighted by Gasteiger charge is 2.33. The van der Waals surface area contributed by atoms with Gasteiger partial charge < -0.3 is 5.32 Å². The van der Waals surface area contributed by atoms with Crippen LogP contribution in [0.4, 0.5) is 5.69 Å². The van der Waals surface area contributed by atoms with E-state index in [0.717, 1.165) is 11.3 Å². The summed E-state index contributed by atoms with van der Waals surface area (Å²) >= 11 is 6.57. The Balaban J connectivity index is 1.77. The van der Waals surface area contributed by atoms with Gasteiger partial charge in [0.05, 0.1) is 5.25 Å². The minimum absolute atomic E-state index is 0.0427. The van der Waals surface area contributed by atoms with Crippen molar-refractivity contribution in [1.29, 1.82) is 0 Å². The summed E-state index contributed by atoms with van der Waals surface area (Å²) in [5.41, 5.74) is 1.91. The second-order valence-electron chi connectivity index (χ2n) is 5.04. The lowest BCUT2D eigenvalue weighted by Crippen LogP contribution is -2.32. The number of hydrogen-bond donors (Lipinski definition) is 1. The van der Waals surface area contributed by atoms with Gasteiger partial charge in [-0.1, -0.05) is 36.1 Å². The summed E-state index contributed by atoms with van der Waals surface area (Å²) in [6.07, 6.45) is 0.982. The molecule has 0 aliphatic carbocycles. The third-order valence-electron chi connectivity index (χ3n) is 3.20. The summed E-state index contributed by atoms with van der Waals surface area (Å²) < 4.78 is 0.617. The molecule has 1 N–H and O–H groups in total. The van der Waals surface area contributed by atoms with Crippen LogP contribution in [0.1, 0.15) is 25.3 Å². The number of nitrogens with zero attached hydrogens (tertiary/aromatic N) is 1. The molecule has 2 rings (SSSR count). The molecule has 112 valence electrons. The fourth-order valence-electron chi connectivity index (χ4n) is 2.12. The number of hydrogen-bond acceptors (Lipinski definition) is 4. The van der Waals surface area contributed by atoms with E-state index in [2.05, 4.69) is 5.32 Å². The van der Waals surface area contributed by atoms with Crippen molar-refractivity contribution >= 4 is 45.8 Å². The lowest BCUT2D eigenvalue weighted by atomic mass is 10.2. The van der Waals surface area contributed by atoms with Gasteiger partial charge in [0, 0.05) is 18.7 Å². The van der Waals surface area contributed by atoms with E-state index in [0.29, 0.717) is 23.7 Å². The number of thiocarbonyl (C=S) groups is 1. The van der Waals surface area contributed by atoms with E-state index in [1.165, 1.54) is 11.8 Å². The summed E-state index contributed by atoms with van der Waals surface area (Å²) in [5, 5.41) is 2.76. The Bertz CT molecular complexity index is 575. The van der Waals surface area contributed by atoms with E-state index in [1.807, 2.05) is 38.1 Å². The largest absolute Gasteiger partial charge is 0.326 e. The zero-order chi connectivity index (χ0) is 15.4. The Morgan fingerprint density at radius 2 is 2.24 bits per heavy atom. The molecule has 1 fully saturated rings. The first-order valence-corrected chi connectivity index (χ1v) is 8.14. The fourth-order valence-corrected chi connectivity index (χ4v) is 3.57. The van der Waals surface area contributed by atoms with Crippen LogP contribution in [0.5, 0.6) is 0 Å². The van der Waals surface area contributed by atoms with Gasteiger partial charge in [0.2, 0.25) is 11.8 Å². The second-order valence-corrected chi connectivity index (χ2v) is 7.01. The SMILES string of the molecule is Cc1cccc(NC(=O)CCCN2C(=O)C(C)SC2=S)c1. The average molecular weight is 322 g/mol. The fraction of sp³-hybridized carbons (Fsp3) is 0.400. The maximum absolute atomic E-state index is 11.9. The van der Waals surface area contributed by atoms with E-state index in [1.54, 1.807) is 4.90 Å². The second kappa shape index (κ2) is 7.04. The van der Waals surface area contributed by atoms with Gasteiger partial charge in [-0.3, -0.25) is 14.5 Å². The van der Waals surface area contributed by atoms with Crippen LogP contribution in [0.15, 0.2) is 24.3 Å². The van der Waals surface area contributed by atoms with Gasteiger partial charge in [0.15, 0.2) is 0 Å². The van der Waals surface area contributed by atoms with E-state index in [9.17, 15) is 9.59 Å². The van der Waals surface area contributed by atoms with Gasteiger partial charge in [0.1, 0.15) is 4.32 Å². The Hall–Kier alpha value is -1.40. The Labute approximate surface area is 134 Å². The van der Waals surface area contributed by atoms with E-state index < -0.39 is 0 Å². The Morgan fingerprint density at radius 3 is 2.86 bits per heavy atom. The zero-order valence-corrected chi connectivity index (χ0v) is 13.7. The van der Waals surface area contributed by atoms with Crippen molar-refractivity contribution in [3.8, 4) is 0 Å². The van der Waals surface area contributed by atoms with Gasteiger partial charge >= 0.3 is 0 Å². The number of carbonyl (C=O) groups is 2. The van der Waals surface area contributed by atoms with Gasteiger partial charge in [-0.2, -0.15) is 0 Å². The molecule has 0 aromatic heterocycles. The molecule has 0 bridgehead atoms. The number of thioether (sulfide) groups is 1. The first kappa shape index (κ1) is 16.0. The van der Waals surface area contributed by atoms with Crippen molar-refractivity contribution in [1.82, 2.24) is 4.90 Å². The third kappa shape index (κ3) is 4.28. The molecule has 1 saturated heterocycles. The van der Waals surface area contributed by atoms with E-state index in [4.69, 9.17) is 12.2 Å². The van der Waals surface area contributed by atoms with Gasteiger partial charge in [-0.05, 0) is 38.0 Å². The number of amides is 2. The van der Waals surface area contributed by atoms with Crippen molar-refractivity contribution < 1.29 is 9.59 Å². The van der Waals surface area contributed by atoms with Crippen LogP contribution in [0.3, 0.4) is 0 Å². The quantitative estimate of drug-likeness (QED) is 0.847. The molecule has 2 amide bonds. The molecule has 0 spiro atoms. The van der Waals surface area contributed by atoms with Crippen LogP contribution in [-0.2, 0) is 9.59 Å². The third-order valence-corrected chi connectivity index (χ3v) is 4.69. The molecule has 21 heavy (non-hydrogen) atoms. The average Bonchev–Trinajstić information content (AvgIpc) is 2.65. The van der Waals surface area contributed by atoms with E-state index >= 15 is 0 Å². The first-order chi connectivity index (χ1) is 9.97. The summed E-state index contributed by atoms with van der Waals surface area (Å²) in [6.45, 7) is 4.34. The van der Waals surface area contributed by atoms with Crippen molar-refractivity contribution in [2.75, 3.05) is 11.9 Å². The molecule has 0 saturated carbocycles. The van der Waals surface area contributed by atoms with Crippen LogP contribution in [0.2, 0.25) is 0 Å². The Morgan fingerprint density at radius 1 is 1.48 bits per heavy atom. The van der Waals surface area contributed by atoms with Crippen LogP contribution >= 0.6 is 24.0 Å². The number of nitrogens with one attached hydrogen (secondary N) is 1. The highest BCUT2D eigenvalue weighted by Crippen LogP contribution is 2.26. The molecule has 1 heterocycles. The normalized spacial score (nSPS) is 18.2. The molecule has 0 radical (unpaired) electrons. The minimum Gasteiger partial charge on any atom is -0.326 e. The number of carbonyl (C=O) groups excluding carboxylic acids is 2. The maximum atomic E-state index is 11.9. The summed E-state index contributed by atoms with van der Waals surface area (Å²) in [4.78, 5) is 25.3. The van der Waals surface area contributed by atoms with Gasteiger partial charge in [-0.25, -0.2) is 0 Å². The van der Waals surface area contributed by atoms with Crippen molar-refractivity contribution in [2.24, 2.45) is 0 Å². The van der Waals surface area contributed by atoms with Crippen LogP contribution in [-0.4, -0.2) is 32.8 Å². The number of anilines is 1. The van der Waals surface area contributed by atoms with Crippen LogP contribution in [0, 0.1) is 6.92 Å². The van der Waals surface area contributed by atoms with Crippen molar-refractivity contribution in [3.63, 3.8) is 0 Å². The molecule has 1 aromatic rings. The van der Waals surface area contributed by atoms with Gasteiger partial charge in [-0.15, -0.1) is 0 Å². The number of aryl methyl sites for hydroxylation is 1. The van der Waals surface area contributed by atoms with Crippen molar-refractivity contribution in [3.05, 3.63) is 29.8 Å². The maximum Gasteiger partial charge on any atom is 0.241 e. The molecule has 4 nitrogen and oxygen atoms in total. The molecule has 1 aliphatic rings. The van der Waals surface area contributed by atoms with Gasteiger partial charge in [0.25, 0.3) is 0 Å². The Kier molecular flexibility index (Phi) is 5.36. The predicted octanol–water partition coefficient (Wildman–Crippen LogP) is 2.96. The molecule has 6 heteroatoms. The van der Waals surface area contributed by atoms with Crippen LogP contribution in [0.25, 0.3) is 0 Å². The standard InChI is InChI=1S/C15H18N2O2S2/c1-10-5-3-6-12(9-10)16-13(18)7-4-8-17-14(19)11(2)21-15(17)20/h3,5-6,9,11H,4,7-8H2,1-2H3,(H,16,18). The molecule has 1 unspecified atom stereocenters. The number of benzene rings is 1. The van der Waals surface area contributed by atoms with Crippen LogP contribution < -0.4 is 5.32 Å². The zero-order valence-electron chi connectivity index (χ0n) is 12.1. The summed E-state index contributed by atoms with van der Waals surface area (Å²) in [5.74, 6) is 0.00274. The topological polar surface area (TPSA) is 49.4 Å².